The third-order valence-corrected chi connectivity index (χ3v) is 14.0. The summed E-state index contributed by atoms with van der Waals surface area (Å²) in [6.07, 6.45) is 77.9. The minimum absolute atomic E-state index is 0.0838. The van der Waals surface area contributed by atoms with Gasteiger partial charge in [-0.1, -0.05) is 281 Å². The highest BCUT2D eigenvalue weighted by Crippen LogP contribution is 2.17. The Hall–Kier alpha value is -2.89. The van der Waals surface area contributed by atoms with Gasteiger partial charge in [0.15, 0.2) is 6.10 Å². The van der Waals surface area contributed by atoms with Crippen LogP contribution in [0.3, 0.4) is 0 Å². The van der Waals surface area contributed by atoms with Crippen LogP contribution in [0.15, 0.2) is 60.8 Å². The molecular weight excluding hydrogens is 901 g/mol. The molecule has 0 fully saturated rings. The molecule has 0 bridgehead atoms. The summed E-state index contributed by atoms with van der Waals surface area (Å²) in [7, 11) is 0. The maximum atomic E-state index is 12.9. The molecule has 0 aromatic rings. The molecule has 0 saturated heterocycles. The molecule has 0 aliphatic rings. The third kappa shape index (κ3) is 59.9. The second-order valence-corrected chi connectivity index (χ2v) is 21.3. The van der Waals surface area contributed by atoms with Crippen LogP contribution in [0.1, 0.15) is 329 Å². The lowest BCUT2D eigenvalue weighted by molar-refractivity contribution is -0.167. The molecule has 424 valence electrons. The maximum absolute atomic E-state index is 12.9. The molecule has 0 rings (SSSR count). The van der Waals surface area contributed by atoms with E-state index in [4.69, 9.17) is 14.2 Å². The fraction of sp³-hybridized carbons (Fsp3) is 0.806. The molecule has 0 amide bonds. The van der Waals surface area contributed by atoms with E-state index in [2.05, 4.69) is 81.5 Å². The predicted molar refractivity (Wildman–Crippen MR) is 316 cm³/mol. The highest BCUT2D eigenvalue weighted by molar-refractivity contribution is 5.71. The van der Waals surface area contributed by atoms with Crippen LogP contribution >= 0.6 is 0 Å². The minimum Gasteiger partial charge on any atom is -0.462 e. The zero-order chi connectivity index (χ0) is 52.9. The van der Waals surface area contributed by atoms with Crippen molar-refractivity contribution in [2.45, 2.75) is 335 Å². The normalized spacial score (nSPS) is 12.4. The van der Waals surface area contributed by atoms with E-state index in [9.17, 15) is 14.4 Å². The molecule has 6 nitrogen and oxygen atoms in total. The summed E-state index contributed by atoms with van der Waals surface area (Å²) in [4.78, 5) is 38.3. The third-order valence-electron chi connectivity index (χ3n) is 14.0. The van der Waals surface area contributed by atoms with E-state index in [0.29, 0.717) is 19.3 Å². The largest absolute Gasteiger partial charge is 0.462 e. The van der Waals surface area contributed by atoms with E-state index in [1.54, 1.807) is 0 Å². The van der Waals surface area contributed by atoms with Crippen molar-refractivity contribution in [1.82, 2.24) is 0 Å². The lowest BCUT2D eigenvalue weighted by Crippen LogP contribution is -2.30. The van der Waals surface area contributed by atoms with Crippen LogP contribution in [0.25, 0.3) is 0 Å². The van der Waals surface area contributed by atoms with Crippen molar-refractivity contribution in [1.29, 1.82) is 0 Å². The maximum Gasteiger partial charge on any atom is 0.306 e. The predicted octanol–water partition coefficient (Wildman–Crippen LogP) is 21.6. The quantitative estimate of drug-likeness (QED) is 0.0261. The Bertz CT molecular complexity index is 1310. The molecule has 0 unspecified atom stereocenters. The van der Waals surface area contributed by atoms with Crippen LogP contribution < -0.4 is 0 Å². The van der Waals surface area contributed by atoms with E-state index >= 15 is 0 Å². The van der Waals surface area contributed by atoms with Gasteiger partial charge in [-0.2, -0.15) is 0 Å². The van der Waals surface area contributed by atoms with E-state index in [1.165, 1.54) is 205 Å². The average molecular weight is 1020 g/mol. The van der Waals surface area contributed by atoms with Crippen molar-refractivity contribution in [3.63, 3.8) is 0 Å². The number of carbonyl (C=O) groups is 3. The minimum atomic E-state index is -0.788. The molecular formula is C67H120O6. The number of unbranched alkanes of at least 4 members (excludes halogenated alkanes) is 37. The zero-order valence-corrected chi connectivity index (χ0v) is 48.7. The van der Waals surface area contributed by atoms with Gasteiger partial charge in [-0.3, -0.25) is 14.4 Å². The molecule has 1 atom stereocenters. The second-order valence-electron chi connectivity index (χ2n) is 21.3. The molecule has 0 heterocycles. The first-order chi connectivity index (χ1) is 36.0. The standard InChI is InChI=1S/C67H120O6/c1-4-7-10-13-16-19-22-25-28-31-33-36-39-42-45-48-51-54-57-60-66(69)72-63-64(62-71-65(68)59-56-53-50-47-44-41-38-35-30-27-24-21-18-15-12-9-6-3)73-67(70)61-58-55-52-49-46-43-40-37-34-32-29-26-23-20-17-14-11-8-5-2/h16,19,25,27-28,30,33,36,42,45,64H,4-15,17-18,20-24,26,29,31-32,34-35,37-41,43-44,46-63H2,1-3H3/b19-16+,28-25+,30-27+,36-33+,45-42+/t64-/m1/s1. The first-order valence-corrected chi connectivity index (χ1v) is 31.8. The fourth-order valence-electron chi connectivity index (χ4n) is 9.19. The first-order valence-electron chi connectivity index (χ1n) is 31.8. The van der Waals surface area contributed by atoms with Crippen LogP contribution in [0.5, 0.6) is 0 Å². The van der Waals surface area contributed by atoms with Gasteiger partial charge in [0.25, 0.3) is 0 Å². The van der Waals surface area contributed by atoms with Crippen LogP contribution in [0, 0.1) is 0 Å². The SMILES string of the molecule is CCCCC/C=C/C/C=C/C/C=C/C/C=C/CCCCCC(=O)OC[C@@H](COC(=O)CCCCCCCCC/C=C/CCCCCCCC)OC(=O)CCCCCCCCCCCCCCCCCCCCC. The summed E-state index contributed by atoms with van der Waals surface area (Å²) in [5.41, 5.74) is 0. The van der Waals surface area contributed by atoms with Crippen molar-refractivity contribution >= 4 is 17.9 Å². The molecule has 73 heavy (non-hydrogen) atoms. The Morgan fingerprint density at radius 1 is 0.274 bits per heavy atom. The van der Waals surface area contributed by atoms with Gasteiger partial charge < -0.3 is 14.2 Å². The van der Waals surface area contributed by atoms with Gasteiger partial charge >= 0.3 is 17.9 Å². The van der Waals surface area contributed by atoms with Crippen LogP contribution in [0.2, 0.25) is 0 Å². The number of carbonyl (C=O) groups excluding carboxylic acids is 3. The Balaban J connectivity index is 4.41. The average Bonchev–Trinajstić information content (AvgIpc) is 3.39. The molecule has 0 spiro atoms. The zero-order valence-electron chi connectivity index (χ0n) is 48.7. The van der Waals surface area contributed by atoms with E-state index < -0.39 is 6.10 Å². The Morgan fingerprint density at radius 2 is 0.493 bits per heavy atom. The number of hydrogen-bond acceptors (Lipinski definition) is 6. The van der Waals surface area contributed by atoms with Crippen molar-refractivity contribution in [3.05, 3.63) is 60.8 Å². The molecule has 0 saturated carbocycles. The van der Waals surface area contributed by atoms with Gasteiger partial charge in [0.1, 0.15) is 13.2 Å². The summed E-state index contributed by atoms with van der Waals surface area (Å²) in [6.45, 7) is 6.63. The van der Waals surface area contributed by atoms with Crippen LogP contribution in [-0.4, -0.2) is 37.2 Å². The summed E-state index contributed by atoms with van der Waals surface area (Å²) >= 11 is 0. The van der Waals surface area contributed by atoms with Crippen molar-refractivity contribution < 1.29 is 28.6 Å². The summed E-state index contributed by atoms with van der Waals surface area (Å²) in [6, 6.07) is 0. The lowest BCUT2D eigenvalue weighted by atomic mass is 10.0. The molecule has 0 aromatic carbocycles. The van der Waals surface area contributed by atoms with Crippen molar-refractivity contribution in [2.75, 3.05) is 13.2 Å². The van der Waals surface area contributed by atoms with Gasteiger partial charge in [0, 0.05) is 19.3 Å². The topological polar surface area (TPSA) is 78.9 Å². The van der Waals surface area contributed by atoms with E-state index in [1.807, 2.05) is 0 Å². The number of allylic oxidation sites excluding steroid dienone is 10. The van der Waals surface area contributed by atoms with Crippen LogP contribution in [0.4, 0.5) is 0 Å². The molecule has 0 radical (unpaired) electrons. The van der Waals surface area contributed by atoms with E-state index in [0.717, 1.165) is 83.5 Å². The fourth-order valence-corrected chi connectivity index (χ4v) is 9.19. The molecule has 0 aliphatic heterocycles. The second kappa shape index (κ2) is 61.7. The molecule has 6 heteroatoms. The Labute approximate surface area is 453 Å². The Morgan fingerprint density at radius 3 is 0.822 bits per heavy atom. The van der Waals surface area contributed by atoms with Crippen molar-refractivity contribution in [2.24, 2.45) is 0 Å². The number of esters is 3. The smallest absolute Gasteiger partial charge is 0.306 e. The van der Waals surface area contributed by atoms with Crippen LogP contribution in [-0.2, 0) is 28.6 Å². The van der Waals surface area contributed by atoms with Gasteiger partial charge in [-0.25, -0.2) is 0 Å². The first kappa shape index (κ1) is 70.1. The lowest BCUT2D eigenvalue weighted by Gasteiger charge is -2.18. The van der Waals surface area contributed by atoms with Gasteiger partial charge in [0.2, 0.25) is 0 Å². The highest BCUT2D eigenvalue weighted by atomic mass is 16.6. The van der Waals surface area contributed by atoms with Gasteiger partial charge in [0.05, 0.1) is 0 Å². The van der Waals surface area contributed by atoms with E-state index in [-0.39, 0.29) is 31.1 Å². The number of hydrogen-bond donors (Lipinski definition) is 0. The monoisotopic (exact) mass is 1020 g/mol. The molecule has 0 aromatic heterocycles. The molecule has 0 N–H and O–H groups in total. The summed E-state index contributed by atoms with van der Waals surface area (Å²) in [5, 5.41) is 0. The highest BCUT2D eigenvalue weighted by Gasteiger charge is 2.19. The Kier molecular flexibility index (Phi) is 59.2. The molecule has 0 aliphatic carbocycles. The van der Waals surface area contributed by atoms with Gasteiger partial charge in [-0.15, -0.1) is 0 Å². The summed E-state index contributed by atoms with van der Waals surface area (Å²) in [5.74, 6) is -0.901. The van der Waals surface area contributed by atoms with Crippen molar-refractivity contribution in [3.8, 4) is 0 Å². The van der Waals surface area contributed by atoms with Gasteiger partial charge in [-0.05, 0) is 89.9 Å². The number of rotatable bonds is 58. The summed E-state index contributed by atoms with van der Waals surface area (Å²) < 4.78 is 16.9. The number of ether oxygens (including phenoxy) is 3.